The number of aromatic amines is 1. The Morgan fingerprint density at radius 2 is 1.75 bits per heavy atom. The molecule has 3 aliphatic heterocycles. The quantitative estimate of drug-likeness (QED) is 0.626. The molecular formula is C22H35Cl2N5O3. The maximum atomic E-state index is 12.5. The van der Waals surface area contributed by atoms with Crippen molar-refractivity contribution in [3.8, 4) is 0 Å². The van der Waals surface area contributed by atoms with Crippen molar-refractivity contribution in [3.63, 3.8) is 0 Å². The fourth-order valence-electron chi connectivity index (χ4n) is 6.04. The first-order chi connectivity index (χ1) is 14.4. The lowest BCUT2D eigenvalue weighted by molar-refractivity contribution is -0.150. The number of halogens is 2. The van der Waals surface area contributed by atoms with E-state index in [4.69, 9.17) is 9.72 Å². The highest BCUT2D eigenvalue weighted by Crippen LogP contribution is 2.45. The summed E-state index contributed by atoms with van der Waals surface area (Å²) in [5.41, 5.74) is 1.70. The summed E-state index contributed by atoms with van der Waals surface area (Å²) >= 11 is 0. The number of piperidine rings is 2. The van der Waals surface area contributed by atoms with Gasteiger partial charge in [0.25, 0.3) is 5.56 Å². The zero-order chi connectivity index (χ0) is 20.9. The van der Waals surface area contributed by atoms with Crippen molar-refractivity contribution >= 4 is 36.7 Å². The van der Waals surface area contributed by atoms with Crippen LogP contribution in [0.4, 0.5) is 5.95 Å². The van der Waals surface area contributed by atoms with Gasteiger partial charge in [0.2, 0.25) is 5.95 Å². The zero-order valence-corrected chi connectivity index (χ0v) is 20.6. The third-order valence-electron chi connectivity index (χ3n) is 7.94. The lowest BCUT2D eigenvalue weighted by Gasteiger charge is -2.40. The first-order valence-corrected chi connectivity index (χ1v) is 11.4. The molecular weight excluding hydrogens is 453 g/mol. The summed E-state index contributed by atoms with van der Waals surface area (Å²) in [5.74, 6) is 0.666. The number of nitrogens with zero attached hydrogens (tertiary/aromatic N) is 3. The lowest BCUT2D eigenvalue weighted by Crippen LogP contribution is -2.45. The van der Waals surface area contributed by atoms with Crippen molar-refractivity contribution in [2.75, 3.05) is 51.7 Å². The van der Waals surface area contributed by atoms with Crippen molar-refractivity contribution < 1.29 is 9.53 Å². The maximum Gasteiger partial charge on any atom is 0.312 e. The Morgan fingerprint density at radius 1 is 1.06 bits per heavy atom. The number of anilines is 1. The van der Waals surface area contributed by atoms with Crippen LogP contribution in [-0.2, 0) is 21.4 Å². The van der Waals surface area contributed by atoms with Crippen LogP contribution >= 0.6 is 24.8 Å². The molecule has 0 bridgehead atoms. The van der Waals surface area contributed by atoms with Crippen LogP contribution in [-0.4, -0.2) is 73.8 Å². The Bertz CT molecular complexity index is 892. The molecule has 4 aliphatic rings. The second-order valence-corrected chi connectivity index (χ2v) is 9.95. The Morgan fingerprint density at radius 3 is 2.41 bits per heavy atom. The van der Waals surface area contributed by atoms with Crippen LogP contribution in [0.1, 0.15) is 49.8 Å². The monoisotopic (exact) mass is 487 g/mol. The van der Waals surface area contributed by atoms with Crippen LogP contribution in [0, 0.1) is 5.41 Å². The number of fused-ring (bicyclic) bond motifs is 2. The number of cyclic esters (lactones) is 1. The zero-order valence-electron chi connectivity index (χ0n) is 18.9. The summed E-state index contributed by atoms with van der Waals surface area (Å²) in [6.45, 7) is 4.58. The van der Waals surface area contributed by atoms with Gasteiger partial charge in [-0.3, -0.25) is 19.5 Å². The minimum atomic E-state index is -0.245. The third-order valence-corrected chi connectivity index (χ3v) is 7.94. The number of hydrogen-bond acceptors (Lipinski definition) is 7. The number of rotatable bonds is 3. The molecule has 3 saturated heterocycles. The van der Waals surface area contributed by atoms with Crippen LogP contribution in [0.2, 0.25) is 0 Å². The molecule has 32 heavy (non-hydrogen) atoms. The van der Waals surface area contributed by atoms with Gasteiger partial charge >= 0.3 is 5.97 Å². The molecule has 8 nitrogen and oxygen atoms in total. The number of nitrogens with one attached hydrogen (secondary N) is 2. The highest BCUT2D eigenvalue weighted by atomic mass is 35.5. The van der Waals surface area contributed by atoms with E-state index in [0.29, 0.717) is 5.95 Å². The van der Waals surface area contributed by atoms with E-state index in [0.717, 1.165) is 88.9 Å². The Kier molecular flexibility index (Phi) is 7.49. The highest BCUT2D eigenvalue weighted by molar-refractivity contribution is 5.85. The molecule has 10 heteroatoms. The predicted molar refractivity (Wildman–Crippen MR) is 128 cm³/mol. The predicted octanol–water partition coefficient (Wildman–Crippen LogP) is 1.64. The summed E-state index contributed by atoms with van der Waals surface area (Å²) < 4.78 is 5.82. The molecule has 0 radical (unpaired) electrons. The van der Waals surface area contributed by atoms with Crippen molar-refractivity contribution in [3.05, 3.63) is 21.6 Å². The number of aromatic nitrogens is 2. The van der Waals surface area contributed by atoms with E-state index < -0.39 is 0 Å². The van der Waals surface area contributed by atoms with Gasteiger partial charge in [0, 0.05) is 38.0 Å². The number of hydrogen-bond donors (Lipinski definition) is 2. The number of ether oxygens (including phenoxy) is 1. The van der Waals surface area contributed by atoms with Crippen molar-refractivity contribution in [2.24, 2.45) is 5.41 Å². The number of H-pyrrole nitrogens is 1. The van der Waals surface area contributed by atoms with E-state index in [1.807, 2.05) is 19.0 Å². The van der Waals surface area contributed by atoms with E-state index >= 15 is 0 Å². The summed E-state index contributed by atoms with van der Waals surface area (Å²) in [6, 6.07) is 0. The molecule has 180 valence electrons. The van der Waals surface area contributed by atoms with Crippen LogP contribution in [0.3, 0.4) is 0 Å². The third kappa shape index (κ3) is 4.27. The number of likely N-dealkylation sites (tertiary alicyclic amines) is 1. The molecule has 1 atom stereocenters. The van der Waals surface area contributed by atoms with E-state index in [-0.39, 0.29) is 53.3 Å². The largest absolute Gasteiger partial charge is 0.461 e. The van der Waals surface area contributed by atoms with Gasteiger partial charge in [-0.15, -0.1) is 24.8 Å². The van der Waals surface area contributed by atoms with E-state index in [2.05, 4.69) is 15.2 Å². The molecule has 1 unspecified atom stereocenters. The molecule has 1 aromatic heterocycles. The molecule has 0 saturated carbocycles. The summed E-state index contributed by atoms with van der Waals surface area (Å²) in [4.78, 5) is 37.2. The van der Waals surface area contributed by atoms with Crippen molar-refractivity contribution in [1.82, 2.24) is 20.2 Å². The molecule has 4 heterocycles. The van der Waals surface area contributed by atoms with E-state index in [1.54, 1.807) is 0 Å². The van der Waals surface area contributed by atoms with Gasteiger partial charge in [-0.2, -0.15) is 0 Å². The van der Waals surface area contributed by atoms with Gasteiger partial charge in [-0.1, -0.05) is 0 Å². The number of carbonyl (C=O) groups excluding carboxylic acids is 1. The van der Waals surface area contributed by atoms with Crippen LogP contribution in [0.15, 0.2) is 4.79 Å². The van der Waals surface area contributed by atoms with Crippen molar-refractivity contribution in [1.29, 1.82) is 0 Å². The Hall–Kier alpha value is -1.35. The summed E-state index contributed by atoms with van der Waals surface area (Å²) in [7, 11) is 3.82. The molecule has 1 aromatic rings. The maximum absolute atomic E-state index is 12.5. The first kappa shape index (κ1) is 25.3. The fourth-order valence-corrected chi connectivity index (χ4v) is 6.04. The van der Waals surface area contributed by atoms with E-state index in [9.17, 15) is 9.59 Å². The number of esters is 1. The SMILES string of the molecule is CN(C)c1nc2c(c(=O)[nH]1)CCC21CCN(CC2CC3(CCNCC3)C(=O)O2)CC1.Cl.Cl. The normalized spacial score (nSPS) is 25.7. The van der Waals surface area contributed by atoms with Crippen LogP contribution < -0.4 is 15.8 Å². The molecule has 2 N–H and O–H groups in total. The Labute approximate surface area is 201 Å². The fraction of sp³-hybridized carbons (Fsp3) is 0.773. The molecule has 3 fully saturated rings. The van der Waals surface area contributed by atoms with Gasteiger partial charge in [0.1, 0.15) is 6.10 Å². The molecule has 2 spiro atoms. The van der Waals surface area contributed by atoms with Gasteiger partial charge in [0.05, 0.1) is 11.1 Å². The van der Waals surface area contributed by atoms with Crippen LogP contribution in [0.5, 0.6) is 0 Å². The number of carbonyl (C=O) groups is 1. The molecule has 0 amide bonds. The van der Waals surface area contributed by atoms with Gasteiger partial charge in [-0.25, -0.2) is 4.98 Å². The molecule has 5 rings (SSSR count). The highest BCUT2D eigenvalue weighted by Gasteiger charge is 2.50. The molecule has 0 aromatic carbocycles. The van der Waals surface area contributed by atoms with E-state index in [1.165, 1.54) is 0 Å². The Balaban J connectivity index is 0.00000144. The average molecular weight is 488 g/mol. The topological polar surface area (TPSA) is 90.6 Å². The standard InChI is InChI=1S/C22H33N5O3.2ClH/c1-26(2)20-24-17-16(18(28)25-20)3-4-21(17)7-11-27(12-8-21)14-15-13-22(19(29)30-15)5-9-23-10-6-22;;/h15,23H,3-14H2,1-2H3,(H,24,25,28);2*1H. The van der Waals surface area contributed by atoms with Crippen LogP contribution in [0.25, 0.3) is 0 Å². The smallest absolute Gasteiger partial charge is 0.312 e. The summed E-state index contributed by atoms with van der Waals surface area (Å²) in [5, 5.41) is 3.35. The van der Waals surface area contributed by atoms with Gasteiger partial charge in [-0.05, 0) is 64.7 Å². The molecule has 1 aliphatic carbocycles. The van der Waals surface area contributed by atoms with Crippen molar-refractivity contribution in [2.45, 2.75) is 56.5 Å². The second kappa shape index (κ2) is 9.49. The first-order valence-electron chi connectivity index (χ1n) is 11.4. The minimum absolute atomic E-state index is 0. The van der Waals surface area contributed by atoms with Gasteiger partial charge < -0.3 is 15.0 Å². The lowest BCUT2D eigenvalue weighted by atomic mass is 9.75. The minimum Gasteiger partial charge on any atom is -0.461 e. The second-order valence-electron chi connectivity index (χ2n) is 9.95. The average Bonchev–Trinajstić information content (AvgIpc) is 3.23. The van der Waals surface area contributed by atoms with Gasteiger partial charge in [0.15, 0.2) is 0 Å². The summed E-state index contributed by atoms with van der Waals surface area (Å²) in [6.07, 6.45) is 6.54.